The van der Waals surface area contributed by atoms with E-state index < -0.39 is 17.5 Å². The number of phenols is 1. The number of carbonyl (C=O) groups is 2. The van der Waals surface area contributed by atoms with E-state index in [9.17, 15) is 23.5 Å². The number of methoxy groups -OCH3 is 1. The summed E-state index contributed by atoms with van der Waals surface area (Å²) < 4.78 is 32.5. The molecule has 1 aliphatic heterocycles. The highest BCUT2D eigenvalue weighted by molar-refractivity contribution is 8.15. The lowest BCUT2D eigenvalue weighted by Crippen LogP contribution is -2.31. The zero-order valence-corrected chi connectivity index (χ0v) is 18.0. The second-order valence-electron chi connectivity index (χ2n) is 6.91. The number of amides is 2. The number of benzene rings is 3. The fourth-order valence-electron chi connectivity index (χ4n) is 3.20. The topological polar surface area (TPSA) is 91.2 Å². The van der Waals surface area contributed by atoms with Crippen LogP contribution in [-0.4, -0.2) is 35.0 Å². The lowest BCUT2D eigenvalue weighted by molar-refractivity contribution is -0.115. The van der Waals surface area contributed by atoms with Crippen molar-refractivity contribution < 1.29 is 28.2 Å². The SMILES string of the molecule is COc1ccc(N2C(=O)CS/C2=N/NC(=O)c2cc(-c3ccc(F)cc3F)ccc2O)cc1. The van der Waals surface area contributed by atoms with Gasteiger partial charge in [-0.25, -0.2) is 14.2 Å². The van der Waals surface area contributed by atoms with Crippen LogP contribution in [-0.2, 0) is 4.79 Å². The lowest BCUT2D eigenvalue weighted by Gasteiger charge is -2.16. The van der Waals surface area contributed by atoms with Crippen molar-refractivity contribution in [2.75, 3.05) is 17.8 Å². The summed E-state index contributed by atoms with van der Waals surface area (Å²) in [6.07, 6.45) is 0. The molecule has 3 aromatic carbocycles. The number of carbonyl (C=O) groups excluding carboxylic acids is 2. The number of hydrogen-bond donors (Lipinski definition) is 2. The van der Waals surface area contributed by atoms with E-state index in [-0.39, 0.29) is 39.3 Å². The van der Waals surface area contributed by atoms with Gasteiger partial charge in [-0.3, -0.25) is 14.5 Å². The molecule has 3 aromatic rings. The smallest absolute Gasteiger partial charge is 0.275 e. The summed E-state index contributed by atoms with van der Waals surface area (Å²) in [4.78, 5) is 26.4. The molecule has 0 aromatic heterocycles. The van der Waals surface area contributed by atoms with Gasteiger partial charge < -0.3 is 9.84 Å². The first-order valence-corrected chi connectivity index (χ1v) is 10.6. The third-order valence-corrected chi connectivity index (χ3v) is 5.76. The average molecular weight is 469 g/mol. The molecule has 0 unspecified atom stereocenters. The van der Waals surface area contributed by atoms with Crippen LogP contribution in [0.3, 0.4) is 0 Å². The first-order valence-electron chi connectivity index (χ1n) is 9.63. The standard InChI is InChI=1S/C23H17F2N3O4S/c1-32-16-6-4-15(5-7-16)28-21(30)12-33-23(28)27-26-22(31)18-10-13(2-9-20(18)29)17-8-3-14(24)11-19(17)25/h2-11,29H,12H2,1H3,(H,26,31)/b27-23+. The van der Waals surface area contributed by atoms with Crippen molar-refractivity contribution in [3.8, 4) is 22.6 Å². The fourth-order valence-corrected chi connectivity index (χ4v) is 4.03. The Morgan fingerprint density at radius 2 is 1.88 bits per heavy atom. The molecule has 0 bridgehead atoms. The van der Waals surface area contributed by atoms with Crippen LogP contribution in [0.25, 0.3) is 11.1 Å². The van der Waals surface area contributed by atoms with Gasteiger partial charge >= 0.3 is 0 Å². The zero-order valence-electron chi connectivity index (χ0n) is 17.2. The van der Waals surface area contributed by atoms with E-state index in [1.54, 1.807) is 24.3 Å². The molecule has 2 amide bonds. The van der Waals surface area contributed by atoms with Gasteiger partial charge in [0.15, 0.2) is 5.17 Å². The van der Waals surface area contributed by atoms with Gasteiger partial charge in [-0.05, 0) is 54.1 Å². The molecule has 4 rings (SSSR count). The number of hydrazone groups is 1. The van der Waals surface area contributed by atoms with Gasteiger partial charge in [0.2, 0.25) is 5.91 Å². The van der Waals surface area contributed by atoms with Crippen molar-refractivity contribution in [1.29, 1.82) is 0 Å². The molecule has 1 aliphatic rings. The monoisotopic (exact) mass is 469 g/mol. The van der Waals surface area contributed by atoms with Crippen LogP contribution in [0.4, 0.5) is 14.5 Å². The molecule has 33 heavy (non-hydrogen) atoms. The maximum absolute atomic E-state index is 14.1. The summed E-state index contributed by atoms with van der Waals surface area (Å²) in [5.74, 6) is -2.09. The maximum Gasteiger partial charge on any atom is 0.275 e. The number of phenolic OH excluding ortho intramolecular Hbond substituents is 1. The number of thioether (sulfide) groups is 1. The molecular weight excluding hydrogens is 452 g/mol. The molecule has 168 valence electrons. The van der Waals surface area contributed by atoms with Gasteiger partial charge in [-0.2, -0.15) is 0 Å². The Bertz CT molecular complexity index is 1270. The zero-order chi connectivity index (χ0) is 23.5. The number of aromatic hydroxyl groups is 1. The van der Waals surface area contributed by atoms with E-state index in [1.165, 1.54) is 36.3 Å². The highest BCUT2D eigenvalue weighted by Crippen LogP contribution is 2.30. The first kappa shape index (κ1) is 22.3. The number of halogens is 2. The van der Waals surface area contributed by atoms with E-state index in [1.807, 2.05) is 0 Å². The van der Waals surface area contributed by atoms with Gasteiger partial charge in [0, 0.05) is 11.6 Å². The Morgan fingerprint density at radius 1 is 1.12 bits per heavy atom. The third-order valence-electron chi connectivity index (χ3n) is 4.83. The molecule has 0 spiro atoms. The first-order chi connectivity index (χ1) is 15.9. The van der Waals surface area contributed by atoms with Gasteiger partial charge in [0.05, 0.1) is 24.1 Å². The summed E-state index contributed by atoms with van der Waals surface area (Å²) in [5.41, 5.74) is 3.05. The Morgan fingerprint density at radius 3 is 2.58 bits per heavy atom. The van der Waals surface area contributed by atoms with Crippen molar-refractivity contribution in [2.24, 2.45) is 5.10 Å². The normalized spacial score (nSPS) is 14.6. The molecule has 1 saturated heterocycles. The van der Waals surface area contributed by atoms with Gasteiger partial charge in [0.25, 0.3) is 5.91 Å². The summed E-state index contributed by atoms with van der Waals surface area (Å²) in [7, 11) is 1.53. The van der Waals surface area contributed by atoms with Crippen molar-refractivity contribution in [2.45, 2.75) is 0 Å². The van der Waals surface area contributed by atoms with E-state index in [0.29, 0.717) is 11.4 Å². The summed E-state index contributed by atoms with van der Waals surface area (Å²) in [6.45, 7) is 0. The molecule has 1 heterocycles. The van der Waals surface area contributed by atoms with Crippen LogP contribution in [0.1, 0.15) is 10.4 Å². The second-order valence-corrected chi connectivity index (χ2v) is 7.85. The summed E-state index contributed by atoms with van der Waals surface area (Å²) >= 11 is 1.14. The van der Waals surface area contributed by atoms with Crippen LogP contribution < -0.4 is 15.1 Å². The van der Waals surface area contributed by atoms with E-state index >= 15 is 0 Å². The minimum absolute atomic E-state index is 0.0689. The van der Waals surface area contributed by atoms with Crippen LogP contribution in [0.5, 0.6) is 11.5 Å². The maximum atomic E-state index is 14.1. The third kappa shape index (κ3) is 4.65. The van der Waals surface area contributed by atoms with E-state index in [0.717, 1.165) is 23.9 Å². The Kier molecular flexibility index (Phi) is 6.27. The molecule has 7 nitrogen and oxygen atoms in total. The number of ether oxygens (including phenoxy) is 1. The highest BCUT2D eigenvalue weighted by atomic mass is 32.2. The van der Waals surface area contributed by atoms with Gasteiger partial charge in [-0.1, -0.05) is 17.8 Å². The van der Waals surface area contributed by atoms with Crippen molar-refractivity contribution in [3.05, 3.63) is 77.9 Å². The number of rotatable bonds is 5. The van der Waals surface area contributed by atoms with Crippen molar-refractivity contribution in [3.63, 3.8) is 0 Å². The molecule has 10 heteroatoms. The van der Waals surface area contributed by atoms with Gasteiger partial charge in [-0.15, -0.1) is 5.10 Å². The predicted octanol–water partition coefficient (Wildman–Crippen LogP) is 4.13. The Balaban J connectivity index is 1.58. The molecule has 0 saturated carbocycles. The summed E-state index contributed by atoms with van der Waals surface area (Å²) in [6, 6.07) is 13.7. The van der Waals surface area contributed by atoms with Gasteiger partial charge in [0.1, 0.15) is 23.1 Å². The van der Waals surface area contributed by atoms with Crippen LogP contribution in [0, 0.1) is 11.6 Å². The van der Waals surface area contributed by atoms with E-state index in [4.69, 9.17) is 4.74 Å². The molecule has 0 radical (unpaired) electrons. The van der Waals surface area contributed by atoms with E-state index in [2.05, 4.69) is 10.5 Å². The average Bonchev–Trinajstić information content (AvgIpc) is 3.18. The number of anilines is 1. The van der Waals surface area contributed by atoms with Crippen LogP contribution >= 0.6 is 11.8 Å². The van der Waals surface area contributed by atoms with Crippen molar-refractivity contribution in [1.82, 2.24) is 5.43 Å². The Labute approximate surface area is 191 Å². The van der Waals surface area contributed by atoms with Crippen molar-refractivity contribution >= 4 is 34.4 Å². The molecule has 0 atom stereocenters. The number of nitrogens with zero attached hydrogens (tertiary/aromatic N) is 2. The van der Waals surface area contributed by atoms with Crippen LogP contribution in [0.2, 0.25) is 0 Å². The quantitative estimate of drug-likeness (QED) is 0.549. The molecule has 2 N–H and O–H groups in total. The predicted molar refractivity (Wildman–Crippen MR) is 121 cm³/mol. The number of hydrogen-bond acceptors (Lipinski definition) is 6. The largest absolute Gasteiger partial charge is 0.507 e. The minimum Gasteiger partial charge on any atom is -0.507 e. The Hall–Kier alpha value is -3.92. The second kappa shape index (κ2) is 9.29. The number of amidine groups is 1. The fraction of sp³-hybridized carbons (Fsp3) is 0.0870. The number of nitrogens with one attached hydrogen (secondary N) is 1. The van der Waals surface area contributed by atoms with Crippen LogP contribution in [0.15, 0.2) is 65.8 Å². The molecule has 0 aliphatic carbocycles. The molecular formula is C23H17F2N3O4S. The minimum atomic E-state index is -0.803. The highest BCUT2D eigenvalue weighted by Gasteiger charge is 2.30. The lowest BCUT2D eigenvalue weighted by atomic mass is 10.0. The molecule has 1 fully saturated rings. The summed E-state index contributed by atoms with van der Waals surface area (Å²) in [5, 5.41) is 14.4.